The first-order valence-corrected chi connectivity index (χ1v) is 11.7. The Morgan fingerprint density at radius 2 is 1.73 bits per heavy atom. The summed E-state index contributed by atoms with van der Waals surface area (Å²) >= 11 is 5.92. The molecule has 2 heterocycles. The second-order valence-electron chi connectivity index (χ2n) is 7.38. The highest BCUT2D eigenvalue weighted by molar-refractivity contribution is 7.92. The average Bonchev–Trinajstić information content (AvgIpc) is 3.28. The smallest absolute Gasteiger partial charge is 0.261 e. The number of carbonyl (C=O) groups is 1. The van der Waals surface area contributed by atoms with E-state index in [2.05, 4.69) is 4.72 Å². The fraction of sp³-hybridized carbons (Fsp3) is 0.381. The maximum Gasteiger partial charge on any atom is 0.261 e. The Bertz CT molecular complexity index is 1020. The van der Waals surface area contributed by atoms with Gasteiger partial charge in [0.2, 0.25) is 0 Å². The molecular formula is C21H23ClN2O5S. The van der Waals surface area contributed by atoms with E-state index < -0.39 is 10.0 Å². The number of halogens is 1. The number of amides is 1. The van der Waals surface area contributed by atoms with Crippen LogP contribution >= 0.6 is 11.6 Å². The van der Waals surface area contributed by atoms with Gasteiger partial charge in [-0.3, -0.25) is 9.52 Å². The van der Waals surface area contributed by atoms with Crippen molar-refractivity contribution in [2.24, 2.45) is 5.92 Å². The molecule has 0 spiro atoms. The van der Waals surface area contributed by atoms with Gasteiger partial charge in [-0.25, -0.2) is 8.42 Å². The van der Waals surface area contributed by atoms with Gasteiger partial charge in [0.1, 0.15) is 0 Å². The van der Waals surface area contributed by atoms with Crippen molar-refractivity contribution in [1.82, 2.24) is 4.90 Å². The number of ether oxygens (including phenoxy) is 2. The van der Waals surface area contributed by atoms with Crippen molar-refractivity contribution in [1.29, 1.82) is 0 Å². The van der Waals surface area contributed by atoms with Crippen molar-refractivity contribution < 1.29 is 22.7 Å². The Kier molecular flexibility index (Phi) is 6.29. The molecule has 0 aliphatic carbocycles. The van der Waals surface area contributed by atoms with E-state index in [1.807, 2.05) is 0 Å². The van der Waals surface area contributed by atoms with E-state index in [4.69, 9.17) is 21.1 Å². The van der Waals surface area contributed by atoms with Gasteiger partial charge in [0.15, 0.2) is 6.29 Å². The normalized spacial score (nSPS) is 18.5. The van der Waals surface area contributed by atoms with Gasteiger partial charge in [0.25, 0.3) is 15.9 Å². The molecule has 0 bridgehead atoms. The predicted molar refractivity (Wildman–Crippen MR) is 113 cm³/mol. The van der Waals surface area contributed by atoms with Crippen molar-refractivity contribution >= 4 is 33.2 Å². The number of sulfonamides is 1. The van der Waals surface area contributed by atoms with Crippen LogP contribution < -0.4 is 4.72 Å². The lowest BCUT2D eigenvalue weighted by molar-refractivity contribution is -0.0956. The average molecular weight is 451 g/mol. The molecule has 7 nitrogen and oxygen atoms in total. The van der Waals surface area contributed by atoms with Gasteiger partial charge in [0.05, 0.1) is 23.8 Å². The van der Waals surface area contributed by atoms with Crippen LogP contribution in [0.1, 0.15) is 23.2 Å². The van der Waals surface area contributed by atoms with Gasteiger partial charge in [-0.05, 0) is 49.2 Å². The first-order chi connectivity index (χ1) is 14.4. The van der Waals surface area contributed by atoms with Crippen LogP contribution in [0.4, 0.5) is 5.69 Å². The molecule has 1 N–H and O–H groups in total. The van der Waals surface area contributed by atoms with Crippen LogP contribution in [0.3, 0.4) is 0 Å². The summed E-state index contributed by atoms with van der Waals surface area (Å²) in [7, 11) is -3.85. The van der Waals surface area contributed by atoms with Crippen LogP contribution in [0.25, 0.3) is 0 Å². The maximum atomic E-state index is 12.9. The standard InChI is InChI=1S/C21H23ClN2O5S/c22-17-4-2-5-18(14-17)23-30(26,27)19-6-1-3-16(13-19)20(25)24-9-7-15(8-10-24)21-28-11-12-29-21/h1-6,13-15,21,23H,7-12H2. The third-order valence-electron chi connectivity index (χ3n) is 5.33. The van der Waals surface area contributed by atoms with Crippen molar-refractivity contribution in [3.63, 3.8) is 0 Å². The molecule has 0 atom stereocenters. The van der Waals surface area contributed by atoms with Crippen molar-refractivity contribution in [3.8, 4) is 0 Å². The predicted octanol–water partition coefficient (Wildman–Crippen LogP) is 3.37. The quantitative estimate of drug-likeness (QED) is 0.754. The summed E-state index contributed by atoms with van der Waals surface area (Å²) in [6.07, 6.45) is 1.42. The Labute approximate surface area is 181 Å². The minimum atomic E-state index is -3.85. The number of nitrogens with one attached hydrogen (secondary N) is 1. The van der Waals surface area contributed by atoms with E-state index in [-0.39, 0.29) is 23.0 Å². The highest BCUT2D eigenvalue weighted by Gasteiger charge is 2.32. The molecule has 9 heteroatoms. The summed E-state index contributed by atoms with van der Waals surface area (Å²) < 4.78 is 39.1. The zero-order valence-corrected chi connectivity index (χ0v) is 17.9. The van der Waals surface area contributed by atoms with Crippen molar-refractivity contribution in [3.05, 3.63) is 59.1 Å². The Morgan fingerprint density at radius 1 is 1.03 bits per heavy atom. The van der Waals surface area contributed by atoms with E-state index in [1.54, 1.807) is 35.2 Å². The third-order valence-corrected chi connectivity index (χ3v) is 6.94. The minimum absolute atomic E-state index is 0.0240. The molecule has 2 aromatic carbocycles. The van der Waals surface area contributed by atoms with Crippen molar-refractivity contribution in [2.75, 3.05) is 31.0 Å². The Morgan fingerprint density at radius 3 is 2.43 bits per heavy atom. The molecule has 2 fully saturated rings. The molecule has 0 aromatic heterocycles. The number of piperidine rings is 1. The zero-order chi connectivity index (χ0) is 21.1. The number of rotatable bonds is 5. The summed E-state index contributed by atoms with van der Waals surface area (Å²) in [4.78, 5) is 14.7. The van der Waals surface area contributed by atoms with Gasteiger partial charge < -0.3 is 14.4 Å². The number of benzene rings is 2. The molecule has 2 saturated heterocycles. The van der Waals surface area contributed by atoms with Gasteiger partial charge in [-0.1, -0.05) is 23.7 Å². The third kappa shape index (κ3) is 4.78. The van der Waals surface area contributed by atoms with Crippen LogP contribution in [0.15, 0.2) is 53.4 Å². The molecule has 0 unspecified atom stereocenters. The lowest BCUT2D eigenvalue weighted by Gasteiger charge is -2.34. The molecular weight excluding hydrogens is 428 g/mol. The van der Waals surface area contributed by atoms with Crippen LogP contribution in [0, 0.1) is 5.92 Å². The van der Waals surface area contributed by atoms with Crippen LogP contribution in [-0.2, 0) is 19.5 Å². The fourth-order valence-corrected chi connectivity index (χ4v) is 5.05. The van der Waals surface area contributed by atoms with E-state index in [1.165, 1.54) is 18.2 Å². The first kappa shape index (κ1) is 21.1. The molecule has 2 aliphatic rings. The molecule has 2 aromatic rings. The number of hydrogen-bond acceptors (Lipinski definition) is 5. The number of likely N-dealkylation sites (tertiary alicyclic amines) is 1. The van der Waals surface area contributed by atoms with Gasteiger partial charge in [-0.2, -0.15) is 0 Å². The van der Waals surface area contributed by atoms with Gasteiger partial charge >= 0.3 is 0 Å². The van der Waals surface area contributed by atoms with E-state index in [0.717, 1.165) is 12.8 Å². The zero-order valence-electron chi connectivity index (χ0n) is 16.3. The molecule has 160 valence electrons. The highest BCUT2D eigenvalue weighted by Crippen LogP contribution is 2.27. The molecule has 2 aliphatic heterocycles. The largest absolute Gasteiger partial charge is 0.350 e. The Hall–Kier alpha value is -2.13. The van der Waals surface area contributed by atoms with E-state index in [0.29, 0.717) is 42.6 Å². The minimum Gasteiger partial charge on any atom is -0.350 e. The topological polar surface area (TPSA) is 84.9 Å². The number of nitrogens with zero attached hydrogens (tertiary/aromatic N) is 1. The lowest BCUT2D eigenvalue weighted by atomic mass is 9.95. The summed E-state index contributed by atoms with van der Waals surface area (Å²) in [6, 6.07) is 12.5. The molecule has 1 amide bonds. The van der Waals surface area contributed by atoms with E-state index >= 15 is 0 Å². The lowest BCUT2D eigenvalue weighted by Crippen LogP contribution is -2.41. The highest BCUT2D eigenvalue weighted by atomic mass is 35.5. The second-order valence-corrected chi connectivity index (χ2v) is 9.50. The number of hydrogen-bond donors (Lipinski definition) is 1. The summed E-state index contributed by atoms with van der Waals surface area (Å²) in [5.41, 5.74) is 0.702. The van der Waals surface area contributed by atoms with E-state index in [9.17, 15) is 13.2 Å². The molecule has 0 saturated carbocycles. The fourth-order valence-electron chi connectivity index (χ4n) is 3.77. The molecule has 4 rings (SSSR count). The number of carbonyl (C=O) groups excluding carboxylic acids is 1. The summed E-state index contributed by atoms with van der Waals surface area (Å²) in [5, 5.41) is 0.427. The number of anilines is 1. The Balaban J connectivity index is 1.44. The maximum absolute atomic E-state index is 12.9. The monoisotopic (exact) mass is 450 g/mol. The molecule has 0 radical (unpaired) electrons. The molecule has 30 heavy (non-hydrogen) atoms. The van der Waals surface area contributed by atoms with Crippen LogP contribution in [0.5, 0.6) is 0 Å². The second kappa shape index (κ2) is 8.93. The van der Waals surface area contributed by atoms with Crippen molar-refractivity contribution in [2.45, 2.75) is 24.0 Å². The van der Waals surface area contributed by atoms with Gasteiger partial charge in [0, 0.05) is 29.6 Å². The van der Waals surface area contributed by atoms with Crippen LogP contribution in [-0.4, -0.2) is 51.8 Å². The van der Waals surface area contributed by atoms with Gasteiger partial charge in [-0.15, -0.1) is 0 Å². The SMILES string of the molecule is O=C(c1cccc(S(=O)(=O)Nc2cccc(Cl)c2)c1)N1CCC(C2OCCO2)CC1. The summed E-state index contributed by atoms with van der Waals surface area (Å²) in [6.45, 7) is 2.41. The van der Waals surface area contributed by atoms with Crippen LogP contribution in [0.2, 0.25) is 5.02 Å². The summed E-state index contributed by atoms with van der Waals surface area (Å²) in [5.74, 6) is 0.103. The first-order valence-electron chi connectivity index (χ1n) is 9.83.